The predicted molar refractivity (Wildman–Crippen MR) is 81.5 cm³/mol. The number of hydrogen-bond donors (Lipinski definition) is 3. The Bertz CT molecular complexity index is 645. The minimum atomic E-state index is -1.63. The molecule has 0 radical (unpaired) electrons. The lowest BCUT2D eigenvalue weighted by molar-refractivity contribution is -0.155. The molecular formula is C17H22O7. The summed E-state index contributed by atoms with van der Waals surface area (Å²) >= 11 is 0. The number of fused-ring (bicyclic) bond motifs is 3. The Labute approximate surface area is 139 Å². The first-order valence-electron chi connectivity index (χ1n) is 7.89. The van der Waals surface area contributed by atoms with Crippen LogP contribution in [0.15, 0.2) is 23.8 Å². The van der Waals surface area contributed by atoms with E-state index < -0.39 is 53.3 Å². The summed E-state index contributed by atoms with van der Waals surface area (Å²) in [6.45, 7) is 7.94. The molecule has 1 aliphatic heterocycles. The van der Waals surface area contributed by atoms with Gasteiger partial charge in [-0.2, -0.15) is 0 Å². The summed E-state index contributed by atoms with van der Waals surface area (Å²) in [5, 5.41) is 31.9. The van der Waals surface area contributed by atoms with Gasteiger partial charge in [-0.25, -0.2) is 4.79 Å². The second-order valence-corrected chi connectivity index (χ2v) is 7.32. The van der Waals surface area contributed by atoms with Crippen LogP contribution in [-0.4, -0.2) is 56.8 Å². The van der Waals surface area contributed by atoms with Crippen LogP contribution in [0.4, 0.5) is 0 Å². The molecule has 7 unspecified atom stereocenters. The van der Waals surface area contributed by atoms with Crippen LogP contribution in [-0.2, 0) is 19.1 Å². The van der Waals surface area contributed by atoms with Crippen molar-refractivity contribution in [1.29, 1.82) is 0 Å². The topological polar surface area (TPSA) is 113 Å². The zero-order chi connectivity index (χ0) is 18.0. The third-order valence-corrected chi connectivity index (χ3v) is 5.43. The van der Waals surface area contributed by atoms with Gasteiger partial charge in [0.2, 0.25) is 0 Å². The van der Waals surface area contributed by atoms with Crippen molar-refractivity contribution in [3.8, 4) is 0 Å². The molecule has 7 atom stereocenters. The van der Waals surface area contributed by atoms with Crippen LogP contribution >= 0.6 is 0 Å². The van der Waals surface area contributed by atoms with Crippen molar-refractivity contribution in [3.05, 3.63) is 23.8 Å². The van der Waals surface area contributed by atoms with Crippen LogP contribution in [0.5, 0.6) is 0 Å². The molecule has 1 heterocycles. The summed E-state index contributed by atoms with van der Waals surface area (Å²) in [7, 11) is 0. The summed E-state index contributed by atoms with van der Waals surface area (Å²) in [5.74, 6) is -2.69. The molecule has 132 valence electrons. The minimum absolute atomic E-state index is 0.00847. The Morgan fingerprint density at radius 3 is 2.62 bits per heavy atom. The molecule has 1 saturated carbocycles. The standard InChI is InChI=1S/C17H22O7/c1-7-12-10(23-8(2)18)6-16(3,21)9-5-11(19)17(4,22)13(9)14(12)24-15(7)20/h5,10-14,19,21-22H,1,6H2,2-4H3. The number of carbonyl (C=O) groups excluding carboxylic acids is 2. The van der Waals surface area contributed by atoms with Gasteiger partial charge in [-0.15, -0.1) is 0 Å². The predicted octanol–water partition coefficient (Wildman–Crippen LogP) is -0.161. The minimum Gasteiger partial charge on any atom is -0.462 e. The van der Waals surface area contributed by atoms with Crippen molar-refractivity contribution in [2.75, 3.05) is 0 Å². The van der Waals surface area contributed by atoms with Crippen molar-refractivity contribution in [1.82, 2.24) is 0 Å². The third kappa shape index (κ3) is 2.30. The summed E-state index contributed by atoms with van der Waals surface area (Å²) in [5.41, 5.74) is -2.55. The lowest BCUT2D eigenvalue weighted by Gasteiger charge is -2.36. The normalized spacial score (nSPS) is 47.4. The van der Waals surface area contributed by atoms with E-state index in [1.807, 2.05) is 0 Å². The van der Waals surface area contributed by atoms with E-state index in [0.717, 1.165) is 0 Å². The number of esters is 2. The average Bonchev–Trinajstić information content (AvgIpc) is 2.80. The SMILES string of the molecule is C=C1C(=O)OC2C1C(OC(C)=O)CC(C)(O)C1=CC(O)C(C)(O)C12. The van der Waals surface area contributed by atoms with E-state index in [2.05, 4.69) is 6.58 Å². The van der Waals surface area contributed by atoms with Crippen LogP contribution in [0.25, 0.3) is 0 Å². The number of rotatable bonds is 1. The monoisotopic (exact) mass is 338 g/mol. The van der Waals surface area contributed by atoms with Gasteiger partial charge in [-0.05, 0) is 19.4 Å². The number of aliphatic hydroxyl groups is 3. The van der Waals surface area contributed by atoms with Crippen molar-refractivity contribution >= 4 is 11.9 Å². The highest BCUT2D eigenvalue weighted by atomic mass is 16.6. The molecule has 1 saturated heterocycles. The average molecular weight is 338 g/mol. The lowest BCUT2D eigenvalue weighted by atomic mass is 9.76. The van der Waals surface area contributed by atoms with Gasteiger partial charge in [0, 0.05) is 18.9 Å². The maximum atomic E-state index is 12.0. The fourth-order valence-corrected chi connectivity index (χ4v) is 4.25. The number of hydrogen-bond acceptors (Lipinski definition) is 7. The Hall–Kier alpha value is -1.70. The first kappa shape index (κ1) is 17.1. The molecule has 3 N–H and O–H groups in total. The molecule has 7 nitrogen and oxygen atoms in total. The van der Waals surface area contributed by atoms with Crippen molar-refractivity contribution in [2.24, 2.45) is 11.8 Å². The Kier molecular flexibility index (Phi) is 3.67. The summed E-state index contributed by atoms with van der Waals surface area (Å²) < 4.78 is 10.7. The van der Waals surface area contributed by atoms with E-state index in [0.29, 0.717) is 5.57 Å². The Balaban J connectivity index is 2.14. The summed E-state index contributed by atoms with van der Waals surface area (Å²) in [6, 6.07) is 0. The lowest BCUT2D eigenvalue weighted by Crippen LogP contribution is -2.49. The molecule has 7 heteroatoms. The van der Waals surface area contributed by atoms with E-state index in [9.17, 15) is 24.9 Å². The molecule has 0 aromatic carbocycles. The van der Waals surface area contributed by atoms with Crippen LogP contribution < -0.4 is 0 Å². The Morgan fingerprint density at radius 2 is 2.04 bits per heavy atom. The Morgan fingerprint density at radius 1 is 1.42 bits per heavy atom. The molecule has 0 aromatic heterocycles. The van der Waals surface area contributed by atoms with Crippen molar-refractivity contribution in [2.45, 2.75) is 56.7 Å². The highest BCUT2D eigenvalue weighted by molar-refractivity contribution is 5.91. The van der Waals surface area contributed by atoms with Crippen molar-refractivity contribution < 1.29 is 34.4 Å². The molecule has 0 amide bonds. The van der Waals surface area contributed by atoms with Gasteiger partial charge in [-0.1, -0.05) is 12.7 Å². The third-order valence-electron chi connectivity index (χ3n) is 5.43. The van der Waals surface area contributed by atoms with Gasteiger partial charge in [0.15, 0.2) is 0 Å². The van der Waals surface area contributed by atoms with Gasteiger partial charge in [0.25, 0.3) is 0 Å². The first-order valence-corrected chi connectivity index (χ1v) is 7.89. The van der Waals surface area contributed by atoms with Gasteiger partial charge in [0.1, 0.15) is 23.9 Å². The van der Waals surface area contributed by atoms with Crippen LogP contribution in [0.1, 0.15) is 27.2 Å². The van der Waals surface area contributed by atoms with Crippen LogP contribution in [0.2, 0.25) is 0 Å². The van der Waals surface area contributed by atoms with E-state index in [1.165, 1.54) is 26.8 Å². The molecule has 2 aliphatic carbocycles. The fourth-order valence-electron chi connectivity index (χ4n) is 4.25. The molecule has 0 bridgehead atoms. The number of carbonyl (C=O) groups is 2. The molecular weight excluding hydrogens is 316 g/mol. The highest BCUT2D eigenvalue weighted by Gasteiger charge is 2.63. The molecule has 2 fully saturated rings. The van der Waals surface area contributed by atoms with Gasteiger partial charge in [0.05, 0.1) is 17.4 Å². The summed E-state index contributed by atoms with van der Waals surface area (Å²) in [6.07, 6.45) is -1.49. The van der Waals surface area contributed by atoms with Crippen molar-refractivity contribution in [3.63, 3.8) is 0 Å². The van der Waals surface area contributed by atoms with E-state index in [1.54, 1.807) is 0 Å². The fraction of sp³-hybridized carbons (Fsp3) is 0.647. The van der Waals surface area contributed by atoms with Gasteiger partial charge < -0.3 is 24.8 Å². The zero-order valence-corrected chi connectivity index (χ0v) is 13.9. The molecule has 0 spiro atoms. The number of aliphatic hydroxyl groups excluding tert-OH is 1. The second kappa shape index (κ2) is 5.15. The maximum absolute atomic E-state index is 12.0. The summed E-state index contributed by atoms with van der Waals surface area (Å²) in [4.78, 5) is 23.5. The molecule has 0 aromatic rings. The van der Waals surface area contributed by atoms with E-state index in [-0.39, 0.29) is 12.0 Å². The van der Waals surface area contributed by atoms with Gasteiger partial charge in [-0.3, -0.25) is 4.79 Å². The molecule has 24 heavy (non-hydrogen) atoms. The largest absolute Gasteiger partial charge is 0.462 e. The first-order chi connectivity index (χ1) is 11.0. The van der Waals surface area contributed by atoms with Crippen LogP contribution in [0.3, 0.4) is 0 Å². The second-order valence-electron chi connectivity index (χ2n) is 7.32. The number of ether oxygens (including phenoxy) is 2. The molecule has 3 aliphatic rings. The highest BCUT2D eigenvalue weighted by Crippen LogP contribution is 2.53. The smallest absolute Gasteiger partial charge is 0.334 e. The van der Waals surface area contributed by atoms with Gasteiger partial charge >= 0.3 is 11.9 Å². The van der Waals surface area contributed by atoms with E-state index >= 15 is 0 Å². The zero-order valence-electron chi connectivity index (χ0n) is 13.9. The molecule has 3 rings (SSSR count). The maximum Gasteiger partial charge on any atom is 0.334 e. The van der Waals surface area contributed by atoms with Crippen LogP contribution in [0, 0.1) is 11.8 Å². The van der Waals surface area contributed by atoms with E-state index in [4.69, 9.17) is 9.47 Å². The quantitative estimate of drug-likeness (QED) is 0.346.